The minimum absolute atomic E-state index is 0.178. The van der Waals surface area contributed by atoms with E-state index in [0.717, 1.165) is 11.8 Å². The van der Waals surface area contributed by atoms with Gasteiger partial charge in [0.25, 0.3) is 0 Å². The van der Waals surface area contributed by atoms with Crippen LogP contribution in [0.5, 0.6) is 0 Å². The molecule has 0 saturated heterocycles. The second kappa shape index (κ2) is 9.89. The maximum atomic E-state index is 14.0. The van der Waals surface area contributed by atoms with E-state index in [0.29, 0.717) is 31.5 Å². The van der Waals surface area contributed by atoms with E-state index in [2.05, 4.69) is 15.0 Å². The maximum absolute atomic E-state index is 14.0. The fourth-order valence-electron chi connectivity index (χ4n) is 2.75. The van der Waals surface area contributed by atoms with Gasteiger partial charge in [0.2, 0.25) is 10.0 Å². The highest BCUT2D eigenvalue weighted by atomic mass is 32.2. The monoisotopic (exact) mass is 395 g/mol. The summed E-state index contributed by atoms with van der Waals surface area (Å²) in [6.07, 6.45) is 2.99. The fraction of sp³-hybridized carbons (Fsp3) is 0.421. The van der Waals surface area contributed by atoms with Gasteiger partial charge in [-0.25, -0.2) is 17.5 Å². The Kier molecular flexibility index (Phi) is 7.85. The summed E-state index contributed by atoms with van der Waals surface area (Å²) in [5.74, 6) is -0.392. The summed E-state index contributed by atoms with van der Waals surface area (Å²) in [5, 5.41) is 12.4. The van der Waals surface area contributed by atoms with Crippen molar-refractivity contribution in [3.8, 4) is 0 Å². The molecule has 0 bridgehead atoms. The highest BCUT2D eigenvalue weighted by Gasteiger charge is 2.20. The number of aryl methyl sites for hydroxylation is 1. The molecule has 0 radical (unpaired) electrons. The minimum Gasteiger partial charge on any atom is -0.392 e. The Balaban J connectivity index is 2.11. The third kappa shape index (κ3) is 6.66. The van der Waals surface area contributed by atoms with Crippen molar-refractivity contribution in [2.75, 3.05) is 13.1 Å². The first-order valence-electron chi connectivity index (χ1n) is 8.84. The number of halogens is 1. The third-order valence-electron chi connectivity index (χ3n) is 4.17. The molecule has 1 aromatic heterocycles. The molecular formula is C19H26FN3O3S. The van der Waals surface area contributed by atoms with Crippen LogP contribution in [-0.4, -0.2) is 43.7 Å². The average Bonchev–Trinajstić information content (AvgIpc) is 2.61. The van der Waals surface area contributed by atoms with Gasteiger partial charge in [-0.3, -0.25) is 4.98 Å². The van der Waals surface area contributed by atoms with Crippen LogP contribution in [0, 0.1) is 12.7 Å². The molecule has 0 fully saturated rings. The number of aliphatic hydroxyl groups is 1. The van der Waals surface area contributed by atoms with Gasteiger partial charge in [0.05, 0.1) is 17.2 Å². The minimum atomic E-state index is -3.69. The van der Waals surface area contributed by atoms with Crippen molar-refractivity contribution in [3.63, 3.8) is 0 Å². The van der Waals surface area contributed by atoms with Crippen molar-refractivity contribution < 1.29 is 17.9 Å². The van der Waals surface area contributed by atoms with Crippen LogP contribution in [0.3, 0.4) is 0 Å². The summed E-state index contributed by atoms with van der Waals surface area (Å²) in [4.78, 5) is 3.99. The summed E-state index contributed by atoms with van der Waals surface area (Å²) < 4.78 is 41.9. The topological polar surface area (TPSA) is 91.3 Å². The van der Waals surface area contributed by atoms with E-state index in [4.69, 9.17) is 0 Å². The number of nitrogens with zero attached hydrogens (tertiary/aromatic N) is 1. The second-order valence-electron chi connectivity index (χ2n) is 6.59. The largest absolute Gasteiger partial charge is 0.392 e. The van der Waals surface area contributed by atoms with E-state index in [-0.39, 0.29) is 4.90 Å². The van der Waals surface area contributed by atoms with Crippen LogP contribution in [0.4, 0.5) is 4.39 Å². The molecule has 2 rings (SSSR count). The van der Waals surface area contributed by atoms with Crippen molar-refractivity contribution in [3.05, 3.63) is 59.7 Å². The number of hydrogen-bond donors (Lipinski definition) is 3. The lowest BCUT2D eigenvalue weighted by Gasteiger charge is -2.20. The Hall–Kier alpha value is -1.87. The lowest BCUT2D eigenvalue weighted by Crippen LogP contribution is -2.43. The van der Waals surface area contributed by atoms with Crippen molar-refractivity contribution in [2.24, 2.45) is 0 Å². The highest BCUT2D eigenvalue weighted by molar-refractivity contribution is 7.89. The number of hydrogen-bond acceptors (Lipinski definition) is 5. The van der Waals surface area contributed by atoms with Crippen LogP contribution in [-0.2, 0) is 16.4 Å². The number of sulfonamides is 1. The molecule has 0 aliphatic carbocycles. The number of aliphatic hydroxyl groups excluding tert-OH is 1. The molecule has 0 saturated carbocycles. The maximum Gasteiger partial charge on any atom is 0.240 e. The van der Waals surface area contributed by atoms with Crippen LogP contribution < -0.4 is 10.0 Å². The molecule has 148 valence electrons. The standard InChI is InChI=1S/C19H26FN3O3S/c1-14-10-21-13-19(20)18(14)9-8-16(12-22-11-15(2)24)23-27(25,26)17-6-4-3-5-7-17/h3-7,10,13,15-16,22-24H,8-9,11-12H2,1-2H3/t15?,16-/m0/s1. The normalized spacial score (nSPS) is 14.1. The molecular weight excluding hydrogens is 369 g/mol. The molecule has 2 aromatic rings. The van der Waals surface area contributed by atoms with Gasteiger partial charge < -0.3 is 10.4 Å². The van der Waals surface area contributed by atoms with Crippen molar-refractivity contribution in [1.29, 1.82) is 0 Å². The third-order valence-corrected chi connectivity index (χ3v) is 5.71. The van der Waals surface area contributed by atoms with Crippen LogP contribution >= 0.6 is 0 Å². The molecule has 2 atom stereocenters. The molecule has 8 heteroatoms. The summed E-state index contributed by atoms with van der Waals surface area (Å²) in [7, 11) is -3.69. The molecule has 0 aliphatic rings. The van der Waals surface area contributed by atoms with E-state index in [1.165, 1.54) is 12.1 Å². The molecule has 1 unspecified atom stereocenters. The van der Waals surface area contributed by atoms with Gasteiger partial charge in [-0.2, -0.15) is 0 Å². The summed E-state index contributed by atoms with van der Waals surface area (Å²) in [5.41, 5.74) is 1.26. The zero-order valence-corrected chi connectivity index (χ0v) is 16.3. The summed E-state index contributed by atoms with van der Waals surface area (Å²) in [6.45, 7) is 4.08. The van der Waals surface area contributed by atoms with Gasteiger partial charge in [0, 0.05) is 25.3 Å². The fourth-order valence-corrected chi connectivity index (χ4v) is 4.04. The van der Waals surface area contributed by atoms with Crippen molar-refractivity contribution in [1.82, 2.24) is 15.0 Å². The molecule has 3 N–H and O–H groups in total. The first-order chi connectivity index (χ1) is 12.8. The van der Waals surface area contributed by atoms with Crippen molar-refractivity contribution >= 4 is 10.0 Å². The first-order valence-corrected chi connectivity index (χ1v) is 10.3. The molecule has 0 spiro atoms. The van der Waals surface area contributed by atoms with Gasteiger partial charge in [-0.15, -0.1) is 0 Å². The van der Waals surface area contributed by atoms with Gasteiger partial charge >= 0.3 is 0 Å². The SMILES string of the molecule is Cc1cncc(F)c1CC[C@@H](CNCC(C)O)NS(=O)(=O)c1ccccc1. The summed E-state index contributed by atoms with van der Waals surface area (Å²) in [6, 6.07) is 7.65. The molecule has 27 heavy (non-hydrogen) atoms. The number of rotatable bonds is 10. The lowest BCUT2D eigenvalue weighted by molar-refractivity contribution is 0.190. The summed E-state index contributed by atoms with van der Waals surface area (Å²) >= 11 is 0. The number of benzene rings is 1. The first kappa shape index (κ1) is 21.4. The van der Waals surface area contributed by atoms with Crippen LogP contribution in [0.15, 0.2) is 47.6 Å². The highest BCUT2D eigenvalue weighted by Crippen LogP contribution is 2.15. The second-order valence-corrected chi connectivity index (χ2v) is 8.31. The predicted molar refractivity (Wildman–Crippen MR) is 102 cm³/mol. The average molecular weight is 396 g/mol. The Bertz CT molecular complexity index is 809. The zero-order valence-electron chi connectivity index (χ0n) is 15.5. The molecule has 1 heterocycles. The zero-order chi connectivity index (χ0) is 19.9. The Morgan fingerprint density at radius 1 is 1.19 bits per heavy atom. The quantitative estimate of drug-likeness (QED) is 0.570. The lowest BCUT2D eigenvalue weighted by atomic mass is 10.0. The Labute approximate surface area is 159 Å². The van der Waals surface area contributed by atoms with E-state index in [9.17, 15) is 17.9 Å². The van der Waals surface area contributed by atoms with Crippen molar-refractivity contribution in [2.45, 2.75) is 43.7 Å². The van der Waals surface area contributed by atoms with Gasteiger partial charge in [0.15, 0.2) is 0 Å². The number of aromatic nitrogens is 1. The Morgan fingerprint density at radius 3 is 2.52 bits per heavy atom. The molecule has 0 aliphatic heterocycles. The number of pyridine rings is 1. The van der Waals surface area contributed by atoms with Gasteiger partial charge in [-0.05, 0) is 49.9 Å². The van der Waals surface area contributed by atoms with Crippen LogP contribution in [0.2, 0.25) is 0 Å². The Morgan fingerprint density at radius 2 is 1.89 bits per heavy atom. The van der Waals surface area contributed by atoms with Crippen LogP contribution in [0.1, 0.15) is 24.5 Å². The molecule has 0 amide bonds. The van der Waals surface area contributed by atoms with Gasteiger partial charge in [-0.1, -0.05) is 18.2 Å². The molecule has 6 nitrogen and oxygen atoms in total. The smallest absolute Gasteiger partial charge is 0.240 e. The van der Waals surface area contributed by atoms with Gasteiger partial charge in [0.1, 0.15) is 5.82 Å². The van der Waals surface area contributed by atoms with E-state index in [1.54, 1.807) is 38.2 Å². The molecule has 1 aromatic carbocycles. The van der Waals surface area contributed by atoms with Crippen LogP contribution in [0.25, 0.3) is 0 Å². The predicted octanol–water partition coefficient (Wildman–Crippen LogP) is 1.78. The van der Waals surface area contributed by atoms with E-state index in [1.807, 2.05) is 0 Å². The number of nitrogens with one attached hydrogen (secondary N) is 2. The van der Waals surface area contributed by atoms with E-state index >= 15 is 0 Å². The van der Waals surface area contributed by atoms with E-state index < -0.39 is 28.0 Å².